The number of benzene rings is 2. The molecule has 168 valence electrons. The van der Waals surface area contributed by atoms with Crippen molar-refractivity contribution in [2.45, 2.75) is 32.1 Å². The molecule has 1 aromatic heterocycles. The van der Waals surface area contributed by atoms with E-state index in [-0.39, 0.29) is 18.7 Å². The maximum absolute atomic E-state index is 13.5. The molecule has 3 rings (SSSR count). The first kappa shape index (κ1) is 23.3. The number of aryl methyl sites for hydroxylation is 1. The van der Waals surface area contributed by atoms with Crippen molar-refractivity contribution in [3.05, 3.63) is 89.2 Å². The Kier molecular flexibility index (Phi) is 7.15. The number of carbonyl (C=O) groups excluding carboxylic acids is 2. The number of sulfonamides is 1. The maximum atomic E-state index is 13.5. The van der Waals surface area contributed by atoms with Crippen molar-refractivity contribution in [1.29, 1.82) is 0 Å². The van der Waals surface area contributed by atoms with Crippen LogP contribution in [0.1, 0.15) is 40.5 Å². The second kappa shape index (κ2) is 9.82. The number of aromatic amines is 1. The molecule has 3 aromatic rings. The molecular weight excluding hydrogens is 428 g/mol. The molecule has 32 heavy (non-hydrogen) atoms. The van der Waals surface area contributed by atoms with Gasteiger partial charge in [-0.25, -0.2) is 8.42 Å². The van der Waals surface area contributed by atoms with Crippen LogP contribution in [0.2, 0.25) is 0 Å². The molecule has 2 aromatic carbocycles. The first-order valence-corrected chi connectivity index (χ1v) is 11.7. The number of nitrogens with one attached hydrogen (secondary N) is 1. The van der Waals surface area contributed by atoms with Crippen LogP contribution in [0.4, 0.5) is 5.69 Å². The lowest BCUT2D eigenvalue weighted by atomic mass is 9.98. The highest BCUT2D eigenvalue weighted by Gasteiger charge is 2.32. The fourth-order valence-corrected chi connectivity index (χ4v) is 4.85. The van der Waals surface area contributed by atoms with Gasteiger partial charge in [-0.2, -0.15) is 0 Å². The molecule has 1 N–H and O–H groups in total. The van der Waals surface area contributed by atoms with Gasteiger partial charge in [0.15, 0.2) is 5.78 Å². The molecule has 0 aliphatic heterocycles. The Hall–Kier alpha value is -3.39. The van der Waals surface area contributed by atoms with Gasteiger partial charge in [0.05, 0.1) is 31.0 Å². The summed E-state index contributed by atoms with van der Waals surface area (Å²) in [4.78, 5) is 27.8. The van der Waals surface area contributed by atoms with Crippen LogP contribution in [-0.4, -0.2) is 37.5 Å². The third-order valence-corrected chi connectivity index (χ3v) is 7.40. The van der Waals surface area contributed by atoms with Crippen LogP contribution in [0.5, 0.6) is 0 Å². The minimum atomic E-state index is -3.95. The number of esters is 1. The quantitative estimate of drug-likeness (QED) is 0.391. The second-order valence-corrected chi connectivity index (χ2v) is 9.81. The molecule has 0 saturated heterocycles. The Balaban J connectivity index is 2.05. The molecule has 0 bridgehead atoms. The van der Waals surface area contributed by atoms with Gasteiger partial charge in [-0.15, -0.1) is 0 Å². The summed E-state index contributed by atoms with van der Waals surface area (Å²) in [5.74, 6) is -0.797. The number of anilines is 1. The van der Waals surface area contributed by atoms with Gasteiger partial charge in [0, 0.05) is 23.0 Å². The number of carbonyl (C=O) groups is 2. The van der Waals surface area contributed by atoms with E-state index in [1.54, 1.807) is 60.8 Å². The molecule has 1 heterocycles. The highest BCUT2D eigenvalue weighted by Crippen LogP contribution is 2.28. The van der Waals surface area contributed by atoms with E-state index >= 15 is 0 Å². The number of ether oxygens (including phenoxy) is 1. The zero-order valence-corrected chi connectivity index (χ0v) is 19.1. The first-order chi connectivity index (χ1) is 15.2. The summed E-state index contributed by atoms with van der Waals surface area (Å²) in [5.41, 5.74) is 2.70. The summed E-state index contributed by atoms with van der Waals surface area (Å²) >= 11 is 0. The van der Waals surface area contributed by atoms with E-state index in [1.807, 2.05) is 13.0 Å². The molecule has 0 aliphatic rings. The van der Waals surface area contributed by atoms with Crippen molar-refractivity contribution in [1.82, 2.24) is 4.98 Å². The number of rotatable bonds is 9. The molecule has 0 fully saturated rings. The van der Waals surface area contributed by atoms with Crippen LogP contribution in [0.3, 0.4) is 0 Å². The topological polar surface area (TPSA) is 96.5 Å². The lowest BCUT2D eigenvalue weighted by Crippen LogP contribution is -2.38. The average Bonchev–Trinajstić information content (AvgIpc) is 3.31. The summed E-state index contributed by atoms with van der Waals surface area (Å²) in [7, 11) is -2.73. The number of H-pyrrole nitrogens is 1. The van der Waals surface area contributed by atoms with Crippen LogP contribution in [0.25, 0.3) is 0 Å². The van der Waals surface area contributed by atoms with Crippen molar-refractivity contribution in [2.24, 2.45) is 0 Å². The molecule has 1 atom stereocenters. The van der Waals surface area contributed by atoms with Gasteiger partial charge in [-0.05, 0) is 43.7 Å². The average molecular weight is 455 g/mol. The van der Waals surface area contributed by atoms with Crippen LogP contribution in [-0.2, 0) is 26.1 Å². The molecule has 8 heteroatoms. The molecule has 0 saturated carbocycles. The molecule has 0 spiro atoms. The zero-order valence-electron chi connectivity index (χ0n) is 18.2. The first-order valence-electron chi connectivity index (χ1n) is 10.1. The number of nitrogens with zero attached hydrogens (tertiary/aromatic N) is 1. The maximum Gasteiger partial charge on any atom is 0.306 e. The molecule has 0 aliphatic carbocycles. The van der Waals surface area contributed by atoms with E-state index in [1.165, 1.54) is 18.3 Å². The Morgan fingerprint density at radius 3 is 2.41 bits per heavy atom. The normalized spacial score (nSPS) is 12.2. The lowest BCUT2D eigenvalue weighted by Gasteiger charge is -2.28. The largest absolute Gasteiger partial charge is 0.469 e. The van der Waals surface area contributed by atoms with Gasteiger partial charge in [-0.1, -0.05) is 36.4 Å². The molecular formula is C24H26N2O5S. The Labute approximate surface area is 188 Å². The highest BCUT2D eigenvalue weighted by molar-refractivity contribution is 7.93. The Morgan fingerprint density at radius 2 is 1.78 bits per heavy atom. The zero-order chi connectivity index (χ0) is 23.3. The van der Waals surface area contributed by atoms with Crippen molar-refractivity contribution in [3.8, 4) is 0 Å². The fraction of sp³-hybridized carbons (Fsp3) is 0.250. The van der Waals surface area contributed by atoms with Crippen molar-refractivity contribution in [3.63, 3.8) is 0 Å². The van der Waals surface area contributed by atoms with Crippen LogP contribution in [0.15, 0.2) is 66.9 Å². The van der Waals surface area contributed by atoms with E-state index in [4.69, 9.17) is 0 Å². The predicted molar refractivity (Wildman–Crippen MR) is 123 cm³/mol. The van der Waals surface area contributed by atoms with Crippen LogP contribution >= 0.6 is 0 Å². The fourth-order valence-electron chi connectivity index (χ4n) is 3.34. The van der Waals surface area contributed by atoms with Crippen LogP contribution in [0, 0.1) is 6.92 Å². The lowest BCUT2D eigenvalue weighted by molar-refractivity contribution is -0.140. The number of methoxy groups -OCH3 is 1. The van der Waals surface area contributed by atoms with Crippen molar-refractivity contribution >= 4 is 27.5 Å². The summed E-state index contributed by atoms with van der Waals surface area (Å²) in [6.45, 7) is 3.31. The second-order valence-electron chi connectivity index (χ2n) is 7.53. The minimum Gasteiger partial charge on any atom is -0.469 e. The monoisotopic (exact) mass is 454 g/mol. The van der Waals surface area contributed by atoms with Gasteiger partial charge >= 0.3 is 5.97 Å². The van der Waals surface area contributed by atoms with Gasteiger partial charge < -0.3 is 9.72 Å². The smallest absolute Gasteiger partial charge is 0.306 e. The summed E-state index contributed by atoms with van der Waals surface area (Å²) in [6, 6.07) is 17.4. The van der Waals surface area contributed by atoms with Crippen molar-refractivity contribution < 1.29 is 22.7 Å². The third-order valence-electron chi connectivity index (χ3n) is 5.26. The Bertz CT molecular complexity index is 1190. The van der Waals surface area contributed by atoms with E-state index < -0.39 is 21.2 Å². The number of hydrogen-bond acceptors (Lipinski definition) is 5. The van der Waals surface area contributed by atoms with Gasteiger partial charge in [0.2, 0.25) is 10.0 Å². The standard InChI is InChI=1S/C24H26N2O5S/c1-17-11-12-21(15-22(17)24(28)19-8-5-4-6-9-19)26(16-20-10-7-13-25-20)32(29,30)18(2)14-23(27)31-3/h4-13,15,18,25H,14,16H2,1-3H3. The minimum absolute atomic E-state index is 0.0306. The van der Waals surface area contributed by atoms with E-state index in [0.29, 0.717) is 22.5 Å². The third kappa shape index (κ3) is 5.08. The molecule has 0 radical (unpaired) electrons. The molecule has 0 amide bonds. The molecule has 7 nitrogen and oxygen atoms in total. The van der Waals surface area contributed by atoms with Gasteiger partial charge in [0.25, 0.3) is 0 Å². The van der Waals surface area contributed by atoms with Crippen LogP contribution < -0.4 is 4.31 Å². The Morgan fingerprint density at radius 1 is 1.06 bits per heavy atom. The summed E-state index contributed by atoms with van der Waals surface area (Å²) in [6.07, 6.45) is 1.43. The van der Waals surface area contributed by atoms with E-state index in [2.05, 4.69) is 9.72 Å². The summed E-state index contributed by atoms with van der Waals surface area (Å²) < 4.78 is 32.8. The number of aromatic nitrogens is 1. The van der Waals surface area contributed by atoms with E-state index in [9.17, 15) is 18.0 Å². The van der Waals surface area contributed by atoms with E-state index in [0.717, 1.165) is 5.56 Å². The SMILES string of the molecule is COC(=O)CC(C)S(=O)(=O)N(Cc1ccc[nH]1)c1ccc(C)c(C(=O)c2ccccc2)c1. The number of hydrogen-bond donors (Lipinski definition) is 1. The highest BCUT2D eigenvalue weighted by atomic mass is 32.2. The van der Waals surface area contributed by atoms with Gasteiger partial charge in [-0.3, -0.25) is 13.9 Å². The number of ketones is 1. The molecule has 1 unspecified atom stereocenters. The van der Waals surface area contributed by atoms with Crippen molar-refractivity contribution in [2.75, 3.05) is 11.4 Å². The predicted octanol–water partition coefficient (Wildman–Crippen LogP) is 3.84. The van der Waals surface area contributed by atoms with Gasteiger partial charge in [0.1, 0.15) is 0 Å². The summed E-state index contributed by atoms with van der Waals surface area (Å²) in [5, 5.41) is -1.01.